The summed E-state index contributed by atoms with van der Waals surface area (Å²) in [6, 6.07) is 9.91. The summed E-state index contributed by atoms with van der Waals surface area (Å²) in [4.78, 5) is 0. The number of ether oxygens (including phenoxy) is 1. The molecular formula is C16H25NO. The fourth-order valence-corrected chi connectivity index (χ4v) is 2.65. The number of hydrogen-bond acceptors (Lipinski definition) is 2. The van der Waals surface area contributed by atoms with Gasteiger partial charge in [-0.15, -0.1) is 0 Å². The van der Waals surface area contributed by atoms with Crippen LogP contribution in [-0.4, -0.2) is 24.8 Å². The summed E-state index contributed by atoms with van der Waals surface area (Å²) < 4.78 is 5.58. The van der Waals surface area contributed by atoms with Crippen LogP contribution in [0.2, 0.25) is 0 Å². The smallest absolute Gasteiger partial charge is 0.0700 e. The average molecular weight is 247 g/mol. The zero-order valence-corrected chi connectivity index (χ0v) is 11.8. The van der Waals surface area contributed by atoms with Crippen LogP contribution in [0.15, 0.2) is 24.3 Å². The van der Waals surface area contributed by atoms with Crippen LogP contribution < -0.4 is 5.32 Å². The predicted molar refractivity (Wildman–Crippen MR) is 75.9 cm³/mol. The molecular weight excluding hydrogens is 222 g/mol. The first kappa shape index (κ1) is 13.6. The molecule has 0 amide bonds. The molecule has 2 nitrogen and oxygen atoms in total. The van der Waals surface area contributed by atoms with Crippen molar-refractivity contribution < 1.29 is 4.74 Å². The van der Waals surface area contributed by atoms with Crippen LogP contribution in [-0.2, 0) is 11.2 Å². The highest BCUT2D eigenvalue weighted by atomic mass is 16.5. The number of aryl methyl sites for hydroxylation is 2. The Hall–Kier alpha value is -0.860. The highest BCUT2D eigenvalue weighted by molar-refractivity contribution is 5.22. The normalized spacial score (nSPS) is 25.3. The van der Waals surface area contributed by atoms with E-state index in [0.717, 1.165) is 19.4 Å². The fourth-order valence-electron chi connectivity index (χ4n) is 2.65. The van der Waals surface area contributed by atoms with Gasteiger partial charge in [0.1, 0.15) is 0 Å². The van der Waals surface area contributed by atoms with Crippen LogP contribution in [0, 0.1) is 6.92 Å². The van der Waals surface area contributed by atoms with Gasteiger partial charge in [0.25, 0.3) is 0 Å². The van der Waals surface area contributed by atoms with E-state index in [1.165, 1.54) is 17.5 Å². The summed E-state index contributed by atoms with van der Waals surface area (Å²) in [6.45, 7) is 7.50. The Kier molecular flexibility index (Phi) is 4.79. The van der Waals surface area contributed by atoms with Crippen LogP contribution in [0.3, 0.4) is 0 Å². The maximum Gasteiger partial charge on any atom is 0.0700 e. The van der Waals surface area contributed by atoms with Gasteiger partial charge in [0.05, 0.1) is 6.10 Å². The van der Waals surface area contributed by atoms with Gasteiger partial charge in [-0.3, -0.25) is 0 Å². The molecule has 1 aromatic rings. The lowest BCUT2D eigenvalue weighted by atomic mass is 10.0. The molecule has 1 heterocycles. The Morgan fingerprint density at radius 1 is 1.44 bits per heavy atom. The molecule has 0 saturated carbocycles. The summed E-state index contributed by atoms with van der Waals surface area (Å²) in [6.07, 6.45) is 3.85. The van der Waals surface area contributed by atoms with Crippen molar-refractivity contribution >= 4 is 0 Å². The monoisotopic (exact) mass is 247 g/mol. The third-order valence-electron chi connectivity index (χ3n) is 3.82. The molecule has 1 saturated heterocycles. The Morgan fingerprint density at radius 3 is 2.94 bits per heavy atom. The summed E-state index contributed by atoms with van der Waals surface area (Å²) in [5.41, 5.74) is 2.80. The molecule has 3 atom stereocenters. The van der Waals surface area contributed by atoms with E-state index >= 15 is 0 Å². The van der Waals surface area contributed by atoms with E-state index in [2.05, 4.69) is 50.4 Å². The van der Waals surface area contributed by atoms with E-state index in [4.69, 9.17) is 4.74 Å². The first-order valence-corrected chi connectivity index (χ1v) is 7.08. The van der Waals surface area contributed by atoms with Crippen LogP contribution in [0.1, 0.15) is 37.8 Å². The molecule has 0 radical (unpaired) electrons. The third-order valence-corrected chi connectivity index (χ3v) is 3.82. The first-order valence-electron chi connectivity index (χ1n) is 7.08. The van der Waals surface area contributed by atoms with Gasteiger partial charge < -0.3 is 10.1 Å². The fraction of sp³-hybridized carbons (Fsp3) is 0.625. The number of nitrogens with one attached hydrogen (secondary N) is 1. The maximum atomic E-state index is 5.58. The number of hydrogen-bond donors (Lipinski definition) is 1. The molecule has 2 rings (SSSR count). The zero-order valence-electron chi connectivity index (χ0n) is 11.8. The van der Waals surface area contributed by atoms with Crippen molar-refractivity contribution in [2.75, 3.05) is 6.61 Å². The van der Waals surface area contributed by atoms with Crippen molar-refractivity contribution in [2.24, 2.45) is 0 Å². The lowest BCUT2D eigenvalue weighted by Gasteiger charge is -2.21. The number of benzene rings is 1. The predicted octanol–water partition coefficient (Wildman–Crippen LogP) is 3.08. The van der Waals surface area contributed by atoms with Gasteiger partial charge in [-0.25, -0.2) is 0 Å². The van der Waals surface area contributed by atoms with E-state index in [1.54, 1.807) is 0 Å². The van der Waals surface area contributed by atoms with Gasteiger partial charge >= 0.3 is 0 Å². The van der Waals surface area contributed by atoms with Crippen molar-refractivity contribution in [3.05, 3.63) is 35.4 Å². The molecule has 1 N–H and O–H groups in total. The van der Waals surface area contributed by atoms with Crippen LogP contribution in [0.5, 0.6) is 0 Å². The molecule has 1 aliphatic rings. The molecule has 1 aromatic carbocycles. The maximum absolute atomic E-state index is 5.58. The second kappa shape index (κ2) is 6.35. The third kappa shape index (κ3) is 3.82. The van der Waals surface area contributed by atoms with Crippen molar-refractivity contribution in [2.45, 2.75) is 58.2 Å². The van der Waals surface area contributed by atoms with Crippen LogP contribution in [0.25, 0.3) is 0 Å². The minimum absolute atomic E-state index is 0.367. The van der Waals surface area contributed by atoms with Gasteiger partial charge in [-0.2, -0.15) is 0 Å². The van der Waals surface area contributed by atoms with Crippen molar-refractivity contribution in [3.8, 4) is 0 Å². The Bertz CT molecular complexity index is 377. The molecule has 0 bridgehead atoms. The second-order valence-corrected chi connectivity index (χ2v) is 5.57. The van der Waals surface area contributed by atoms with Gasteiger partial charge in [0.2, 0.25) is 0 Å². The highest BCUT2D eigenvalue weighted by Crippen LogP contribution is 2.15. The molecule has 1 aliphatic heterocycles. The number of rotatable bonds is 5. The van der Waals surface area contributed by atoms with E-state index in [9.17, 15) is 0 Å². The lowest BCUT2D eigenvalue weighted by Crippen LogP contribution is -2.40. The Morgan fingerprint density at radius 2 is 2.28 bits per heavy atom. The Labute approximate surface area is 111 Å². The summed E-state index contributed by atoms with van der Waals surface area (Å²) in [7, 11) is 0. The minimum atomic E-state index is 0.367. The molecule has 2 heteroatoms. The van der Waals surface area contributed by atoms with E-state index in [1.807, 2.05) is 0 Å². The van der Waals surface area contributed by atoms with E-state index in [0.29, 0.717) is 18.2 Å². The molecule has 100 valence electrons. The zero-order chi connectivity index (χ0) is 13.0. The van der Waals surface area contributed by atoms with Crippen molar-refractivity contribution in [3.63, 3.8) is 0 Å². The molecule has 3 unspecified atom stereocenters. The SMILES string of the molecule is Cc1cccc(CCC(C)NC2CCOC2C)c1. The first-order chi connectivity index (χ1) is 8.65. The summed E-state index contributed by atoms with van der Waals surface area (Å²) >= 11 is 0. The van der Waals surface area contributed by atoms with Crippen LogP contribution >= 0.6 is 0 Å². The molecule has 0 spiro atoms. The van der Waals surface area contributed by atoms with E-state index < -0.39 is 0 Å². The summed E-state index contributed by atoms with van der Waals surface area (Å²) in [5, 5.41) is 3.69. The summed E-state index contributed by atoms with van der Waals surface area (Å²) in [5.74, 6) is 0. The van der Waals surface area contributed by atoms with Gasteiger partial charge in [0.15, 0.2) is 0 Å². The molecule has 1 fully saturated rings. The van der Waals surface area contributed by atoms with Gasteiger partial charge in [-0.05, 0) is 45.6 Å². The quantitative estimate of drug-likeness (QED) is 0.863. The molecule has 18 heavy (non-hydrogen) atoms. The molecule has 0 aliphatic carbocycles. The minimum Gasteiger partial charge on any atom is -0.377 e. The second-order valence-electron chi connectivity index (χ2n) is 5.57. The lowest BCUT2D eigenvalue weighted by molar-refractivity contribution is 0.111. The Balaban J connectivity index is 1.76. The van der Waals surface area contributed by atoms with E-state index in [-0.39, 0.29) is 0 Å². The van der Waals surface area contributed by atoms with Crippen molar-refractivity contribution in [1.29, 1.82) is 0 Å². The standard InChI is InChI=1S/C16H25NO/c1-12-5-4-6-15(11-12)8-7-13(2)17-16-9-10-18-14(16)3/h4-6,11,13-14,16-17H,7-10H2,1-3H3. The molecule has 0 aromatic heterocycles. The van der Waals surface area contributed by atoms with Gasteiger partial charge in [-0.1, -0.05) is 29.8 Å². The highest BCUT2D eigenvalue weighted by Gasteiger charge is 2.24. The van der Waals surface area contributed by atoms with Crippen molar-refractivity contribution in [1.82, 2.24) is 5.32 Å². The van der Waals surface area contributed by atoms with Crippen LogP contribution in [0.4, 0.5) is 0 Å². The van der Waals surface area contributed by atoms with Gasteiger partial charge in [0, 0.05) is 18.7 Å². The largest absolute Gasteiger partial charge is 0.377 e. The average Bonchev–Trinajstić information content (AvgIpc) is 2.73. The topological polar surface area (TPSA) is 21.3 Å².